The Hall–Kier alpha value is -1.94. The highest BCUT2D eigenvalue weighted by atomic mass is 32.1. The molecule has 1 aromatic rings. The Morgan fingerprint density at radius 2 is 2.08 bits per heavy atom. The van der Waals surface area contributed by atoms with Crippen molar-refractivity contribution in [2.75, 3.05) is 6.54 Å². The fraction of sp³-hybridized carbons (Fsp3) is 0.400. The Bertz CT molecular complexity index is 748. The molecule has 2 aliphatic rings. The van der Waals surface area contributed by atoms with Crippen molar-refractivity contribution in [1.29, 1.82) is 0 Å². The number of carboxylic acids is 1. The van der Waals surface area contributed by atoms with Crippen molar-refractivity contribution in [2.45, 2.75) is 45.6 Å². The summed E-state index contributed by atoms with van der Waals surface area (Å²) in [7, 11) is 0. The zero-order valence-corrected chi connectivity index (χ0v) is 15.0. The van der Waals surface area contributed by atoms with Crippen LogP contribution in [0.15, 0.2) is 47.2 Å². The highest BCUT2D eigenvalue weighted by Gasteiger charge is 2.35. The van der Waals surface area contributed by atoms with Crippen LogP contribution in [0.4, 0.5) is 0 Å². The Morgan fingerprint density at radius 1 is 1.33 bits per heavy atom. The summed E-state index contributed by atoms with van der Waals surface area (Å²) in [4.78, 5) is 14.8. The van der Waals surface area contributed by atoms with Crippen LogP contribution in [-0.2, 0) is 11.2 Å². The first-order valence-electron chi connectivity index (χ1n) is 8.58. The van der Waals surface area contributed by atoms with Crippen molar-refractivity contribution < 1.29 is 9.90 Å². The van der Waals surface area contributed by atoms with Gasteiger partial charge in [0.15, 0.2) is 0 Å². The maximum Gasteiger partial charge on any atom is 0.333 e. The molecule has 0 radical (unpaired) electrons. The fourth-order valence-corrected chi connectivity index (χ4v) is 4.28. The number of aliphatic carboxylic acids is 1. The number of allylic oxidation sites excluding steroid dienone is 1. The summed E-state index contributed by atoms with van der Waals surface area (Å²) in [6.45, 7) is 5.06. The first-order valence-corrected chi connectivity index (χ1v) is 8.98. The van der Waals surface area contributed by atoms with E-state index in [-0.39, 0.29) is 6.04 Å². The third-order valence-electron chi connectivity index (χ3n) is 4.97. The molecule has 1 unspecified atom stereocenters. The van der Waals surface area contributed by atoms with Crippen LogP contribution in [-0.4, -0.2) is 33.4 Å². The van der Waals surface area contributed by atoms with E-state index in [4.69, 9.17) is 12.2 Å². The lowest BCUT2D eigenvalue weighted by Crippen LogP contribution is -2.38. The molecular weight excluding hydrogens is 318 g/mol. The van der Waals surface area contributed by atoms with Gasteiger partial charge in [-0.1, -0.05) is 43.4 Å². The fourth-order valence-electron chi connectivity index (χ4n) is 3.77. The van der Waals surface area contributed by atoms with Gasteiger partial charge in [-0.15, -0.1) is 0 Å². The molecule has 1 atom stereocenters. The number of carboxylic acid groups (broad SMARTS) is 1. The summed E-state index contributed by atoms with van der Waals surface area (Å²) in [5, 5.41) is 9.57. The molecule has 2 heterocycles. The number of nitrogens with zero attached hydrogens (tertiary/aromatic N) is 1. The minimum atomic E-state index is -0.804. The maximum absolute atomic E-state index is 11.7. The van der Waals surface area contributed by atoms with E-state index in [1.807, 2.05) is 18.2 Å². The SMILES string of the molecule is CCc1ccccc1C(=S)C1C(C)=CC2=C(C(=O)O)CCCCN21. The van der Waals surface area contributed by atoms with Crippen LogP contribution in [0.1, 0.15) is 44.2 Å². The lowest BCUT2D eigenvalue weighted by atomic mass is 9.95. The van der Waals surface area contributed by atoms with Crippen LogP contribution < -0.4 is 0 Å². The molecule has 0 bridgehead atoms. The number of rotatable bonds is 4. The Kier molecular flexibility index (Phi) is 4.86. The molecule has 0 saturated heterocycles. The number of hydrogen-bond donors (Lipinski definition) is 1. The second kappa shape index (κ2) is 6.89. The number of fused-ring (bicyclic) bond motifs is 1. The molecule has 3 nitrogen and oxygen atoms in total. The van der Waals surface area contributed by atoms with Gasteiger partial charge in [0, 0.05) is 17.1 Å². The molecular formula is C20H23NO2S. The molecule has 3 rings (SSSR count). The summed E-state index contributed by atoms with van der Waals surface area (Å²) in [6.07, 6.45) is 5.51. The molecule has 0 aliphatic carbocycles. The van der Waals surface area contributed by atoms with E-state index in [0.29, 0.717) is 12.0 Å². The van der Waals surface area contributed by atoms with Crippen LogP contribution in [0, 0.1) is 0 Å². The van der Waals surface area contributed by atoms with Gasteiger partial charge < -0.3 is 10.0 Å². The Balaban J connectivity index is 2.03. The molecule has 2 aliphatic heterocycles. The van der Waals surface area contributed by atoms with Crippen LogP contribution in [0.2, 0.25) is 0 Å². The molecule has 1 N–H and O–H groups in total. The van der Waals surface area contributed by atoms with E-state index in [2.05, 4.69) is 30.9 Å². The van der Waals surface area contributed by atoms with E-state index in [1.165, 1.54) is 5.56 Å². The zero-order valence-electron chi connectivity index (χ0n) is 14.2. The van der Waals surface area contributed by atoms with Crippen molar-refractivity contribution >= 4 is 23.1 Å². The number of thiocarbonyl (C=S) groups is 1. The average molecular weight is 341 g/mol. The topological polar surface area (TPSA) is 40.5 Å². The second-order valence-corrected chi connectivity index (χ2v) is 6.93. The minimum absolute atomic E-state index is 0.00449. The van der Waals surface area contributed by atoms with Gasteiger partial charge in [0.2, 0.25) is 0 Å². The molecule has 0 aromatic heterocycles. The summed E-state index contributed by atoms with van der Waals surface area (Å²) < 4.78 is 0. The summed E-state index contributed by atoms with van der Waals surface area (Å²) >= 11 is 5.88. The maximum atomic E-state index is 11.7. The van der Waals surface area contributed by atoms with Gasteiger partial charge in [0.05, 0.1) is 11.6 Å². The third-order valence-corrected chi connectivity index (χ3v) is 5.42. The monoisotopic (exact) mass is 341 g/mol. The van der Waals surface area contributed by atoms with Crippen molar-refractivity contribution in [2.24, 2.45) is 0 Å². The van der Waals surface area contributed by atoms with Gasteiger partial charge in [-0.3, -0.25) is 0 Å². The van der Waals surface area contributed by atoms with Crippen LogP contribution in [0.3, 0.4) is 0 Å². The number of aryl methyl sites for hydroxylation is 1. The van der Waals surface area contributed by atoms with E-state index in [9.17, 15) is 9.90 Å². The third kappa shape index (κ3) is 2.91. The highest BCUT2D eigenvalue weighted by molar-refractivity contribution is 7.81. The molecule has 4 heteroatoms. The molecule has 0 saturated carbocycles. The second-order valence-electron chi connectivity index (χ2n) is 6.49. The molecule has 126 valence electrons. The standard InChI is InChI=1S/C20H23NO2S/c1-3-14-8-4-5-9-15(14)19(24)18-13(2)12-17-16(20(22)23)10-6-7-11-21(17)18/h4-5,8-9,12,18H,3,6-7,10-11H2,1-2H3,(H,22,23). The van der Waals surface area contributed by atoms with Crippen LogP contribution in [0.25, 0.3) is 0 Å². The lowest BCUT2D eigenvalue weighted by Gasteiger charge is -2.30. The lowest BCUT2D eigenvalue weighted by molar-refractivity contribution is -0.132. The summed E-state index contributed by atoms with van der Waals surface area (Å²) in [6, 6.07) is 8.28. The highest BCUT2D eigenvalue weighted by Crippen LogP contribution is 2.35. The predicted octanol–water partition coefficient (Wildman–Crippen LogP) is 4.12. The predicted molar refractivity (Wildman–Crippen MR) is 100 cm³/mol. The smallest absolute Gasteiger partial charge is 0.333 e. The zero-order chi connectivity index (χ0) is 17.3. The molecule has 1 aromatic carbocycles. The number of carbonyl (C=O) groups is 1. The normalized spacial score (nSPS) is 20.5. The quantitative estimate of drug-likeness (QED) is 0.661. The van der Waals surface area contributed by atoms with Gasteiger partial charge in [-0.2, -0.15) is 0 Å². The molecule has 24 heavy (non-hydrogen) atoms. The van der Waals surface area contributed by atoms with Gasteiger partial charge >= 0.3 is 5.97 Å². The van der Waals surface area contributed by atoms with Crippen LogP contribution in [0.5, 0.6) is 0 Å². The average Bonchev–Trinajstić information content (AvgIpc) is 2.76. The molecule has 0 amide bonds. The first-order chi connectivity index (χ1) is 11.5. The van der Waals surface area contributed by atoms with E-state index in [1.54, 1.807) is 0 Å². The van der Waals surface area contributed by atoms with E-state index in [0.717, 1.165) is 47.5 Å². The van der Waals surface area contributed by atoms with Gasteiger partial charge in [-0.25, -0.2) is 4.79 Å². The van der Waals surface area contributed by atoms with E-state index < -0.39 is 5.97 Å². The van der Waals surface area contributed by atoms with Gasteiger partial charge in [0.25, 0.3) is 0 Å². The largest absolute Gasteiger partial charge is 0.478 e. The number of benzene rings is 1. The van der Waals surface area contributed by atoms with Crippen molar-refractivity contribution in [3.05, 3.63) is 58.3 Å². The molecule has 0 fully saturated rings. The van der Waals surface area contributed by atoms with Gasteiger partial charge in [-0.05, 0) is 55.4 Å². The minimum Gasteiger partial charge on any atom is -0.478 e. The summed E-state index contributed by atoms with van der Waals surface area (Å²) in [5.74, 6) is -0.804. The van der Waals surface area contributed by atoms with Crippen molar-refractivity contribution in [3.63, 3.8) is 0 Å². The number of hydrogen-bond acceptors (Lipinski definition) is 3. The van der Waals surface area contributed by atoms with E-state index >= 15 is 0 Å². The van der Waals surface area contributed by atoms with Crippen molar-refractivity contribution in [1.82, 2.24) is 4.90 Å². The Morgan fingerprint density at radius 3 is 2.79 bits per heavy atom. The first kappa shape index (κ1) is 16.9. The Labute approximate surface area is 148 Å². The van der Waals surface area contributed by atoms with Crippen LogP contribution >= 0.6 is 12.2 Å². The molecule has 0 spiro atoms. The van der Waals surface area contributed by atoms with Crippen molar-refractivity contribution in [3.8, 4) is 0 Å². The van der Waals surface area contributed by atoms with Gasteiger partial charge in [0.1, 0.15) is 0 Å². The summed E-state index contributed by atoms with van der Waals surface area (Å²) in [5.41, 5.74) is 4.90.